The lowest BCUT2D eigenvalue weighted by Crippen LogP contribution is -2.31. The summed E-state index contributed by atoms with van der Waals surface area (Å²) < 4.78 is 40.2. The molecule has 2 aromatic carbocycles. The Hall–Kier alpha value is -3.46. The molecule has 3 rings (SSSR count). The van der Waals surface area contributed by atoms with Gasteiger partial charge in [-0.2, -0.15) is 0 Å². The number of benzene rings is 2. The Labute approximate surface area is 187 Å². The van der Waals surface area contributed by atoms with Crippen molar-refractivity contribution in [1.82, 2.24) is 10.3 Å². The number of pyridine rings is 1. The van der Waals surface area contributed by atoms with Gasteiger partial charge in [-0.1, -0.05) is 30.3 Å². The first-order chi connectivity index (χ1) is 15.4. The van der Waals surface area contributed by atoms with E-state index in [0.29, 0.717) is 31.1 Å². The Bertz CT molecular complexity index is 1120. The molecular weight excluding hydrogens is 431 g/mol. The summed E-state index contributed by atoms with van der Waals surface area (Å²) >= 11 is 0. The van der Waals surface area contributed by atoms with Crippen molar-refractivity contribution < 1.29 is 17.6 Å². The summed E-state index contributed by atoms with van der Waals surface area (Å²) in [6.45, 7) is 2.85. The molecule has 2 N–H and O–H groups in total. The lowest BCUT2D eigenvalue weighted by molar-refractivity contribution is -0.120. The number of hydrogen-bond acceptors (Lipinski definition) is 5. The molecule has 1 aromatic heterocycles. The van der Waals surface area contributed by atoms with Crippen LogP contribution >= 0.6 is 0 Å². The van der Waals surface area contributed by atoms with Crippen molar-refractivity contribution in [2.75, 3.05) is 29.3 Å². The Morgan fingerprint density at radius 3 is 2.34 bits per heavy atom. The second-order valence-electron chi connectivity index (χ2n) is 6.96. The maximum absolute atomic E-state index is 13.0. The average molecular weight is 457 g/mol. The predicted molar refractivity (Wildman–Crippen MR) is 122 cm³/mol. The fourth-order valence-electron chi connectivity index (χ4n) is 3.09. The van der Waals surface area contributed by atoms with Crippen molar-refractivity contribution in [3.8, 4) is 0 Å². The molecule has 7 nitrogen and oxygen atoms in total. The van der Waals surface area contributed by atoms with E-state index in [0.717, 1.165) is 5.56 Å². The van der Waals surface area contributed by atoms with Gasteiger partial charge in [0.25, 0.3) is 10.0 Å². The van der Waals surface area contributed by atoms with E-state index >= 15 is 0 Å². The molecule has 1 amide bonds. The van der Waals surface area contributed by atoms with Crippen molar-refractivity contribution in [2.45, 2.75) is 18.2 Å². The maximum Gasteiger partial charge on any atom is 0.265 e. The first kappa shape index (κ1) is 23.2. The van der Waals surface area contributed by atoms with Crippen LogP contribution in [0.1, 0.15) is 12.5 Å². The number of sulfonamides is 1. The summed E-state index contributed by atoms with van der Waals surface area (Å²) in [5, 5.41) is 5.81. The summed E-state index contributed by atoms with van der Waals surface area (Å²) in [7, 11) is -3.73. The molecule has 32 heavy (non-hydrogen) atoms. The molecule has 0 aliphatic rings. The Morgan fingerprint density at radius 1 is 1.00 bits per heavy atom. The van der Waals surface area contributed by atoms with Crippen LogP contribution in [0, 0.1) is 5.82 Å². The lowest BCUT2D eigenvalue weighted by Gasteiger charge is -2.22. The van der Waals surface area contributed by atoms with Crippen LogP contribution in [0.3, 0.4) is 0 Å². The first-order valence-electron chi connectivity index (χ1n) is 10.2. The number of carbonyl (C=O) groups is 1. The molecule has 1 heterocycles. The van der Waals surface area contributed by atoms with Crippen LogP contribution in [-0.2, 0) is 21.2 Å². The van der Waals surface area contributed by atoms with Gasteiger partial charge < -0.3 is 10.6 Å². The van der Waals surface area contributed by atoms with E-state index in [1.165, 1.54) is 28.7 Å². The van der Waals surface area contributed by atoms with Gasteiger partial charge >= 0.3 is 0 Å². The summed E-state index contributed by atoms with van der Waals surface area (Å²) in [5.41, 5.74) is 1.32. The number of nitrogens with one attached hydrogen (secondary N) is 2. The second kappa shape index (κ2) is 10.7. The molecule has 3 aromatic rings. The van der Waals surface area contributed by atoms with Crippen LogP contribution in [-0.4, -0.2) is 38.9 Å². The highest BCUT2D eigenvalue weighted by Crippen LogP contribution is 2.23. The highest BCUT2D eigenvalue weighted by molar-refractivity contribution is 7.92. The van der Waals surface area contributed by atoms with Gasteiger partial charge in [0.1, 0.15) is 16.5 Å². The highest BCUT2D eigenvalue weighted by Gasteiger charge is 2.23. The van der Waals surface area contributed by atoms with Crippen molar-refractivity contribution in [3.63, 3.8) is 0 Å². The zero-order valence-electron chi connectivity index (χ0n) is 17.7. The summed E-state index contributed by atoms with van der Waals surface area (Å²) in [4.78, 5) is 16.2. The number of anilines is 2. The Kier molecular flexibility index (Phi) is 7.77. The third kappa shape index (κ3) is 6.04. The van der Waals surface area contributed by atoms with Crippen molar-refractivity contribution in [3.05, 3.63) is 84.3 Å². The van der Waals surface area contributed by atoms with Crippen LogP contribution < -0.4 is 14.9 Å². The SMILES string of the molecule is CCN(c1ccccc1)S(=O)(=O)c1ccc(NCCNC(=O)Cc2ccc(F)cc2)nc1. The standard InChI is InChI=1S/C23H25FN4O3S/c1-2-28(20-6-4-3-5-7-20)32(30,31)21-12-13-22(27-17-21)25-14-15-26-23(29)16-18-8-10-19(24)11-9-18/h3-13,17H,2,14-16H2,1H3,(H,25,27)(H,26,29). The average Bonchev–Trinajstić information content (AvgIpc) is 2.80. The van der Waals surface area contributed by atoms with Gasteiger partial charge in [0.15, 0.2) is 0 Å². The molecule has 0 bridgehead atoms. The van der Waals surface area contributed by atoms with Gasteiger partial charge in [0.05, 0.1) is 12.1 Å². The molecule has 168 valence electrons. The zero-order valence-corrected chi connectivity index (χ0v) is 18.5. The summed E-state index contributed by atoms with van der Waals surface area (Å²) in [6, 6.07) is 17.8. The van der Waals surface area contributed by atoms with Crippen LogP contribution in [0.5, 0.6) is 0 Å². The van der Waals surface area contributed by atoms with E-state index in [1.807, 2.05) is 6.07 Å². The van der Waals surface area contributed by atoms with Crippen molar-refractivity contribution in [2.24, 2.45) is 0 Å². The zero-order chi connectivity index (χ0) is 23.0. The van der Waals surface area contributed by atoms with E-state index in [1.54, 1.807) is 49.4 Å². The topological polar surface area (TPSA) is 91.4 Å². The molecule has 0 spiro atoms. The Morgan fingerprint density at radius 2 is 1.72 bits per heavy atom. The van der Waals surface area contributed by atoms with Gasteiger partial charge in [0.2, 0.25) is 5.91 Å². The minimum atomic E-state index is -3.73. The van der Waals surface area contributed by atoms with Crippen molar-refractivity contribution >= 4 is 27.4 Å². The first-order valence-corrected chi connectivity index (χ1v) is 11.6. The molecule has 0 atom stereocenters. The number of rotatable bonds is 10. The largest absolute Gasteiger partial charge is 0.368 e. The molecular formula is C23H25FN4O3S. The molecule has 0 saturated heterocycles. The quantitative estimate of drug-likeness (QED) is 0.457. The van der Waals surface area contributed by atoms with E-state index in [-0.39, 0.29) is 23.0 Å². The molecule has 0 fully saturated rings. The lowest BCUT2D eigenvalue weighted by atomic mass is 10.1. The summed E-state index contributed by atoms with van der Waals surface area (Å²) in [6.07, 6.45) is 1.48. The van der Waals surface area contributed by atoms with E-state index in [9.17, 15) is 17.6 Å². The van der Waals surface area contributed by atoms with E-state index in [4.69, 9.17) is 0 Å². The number of aromatic nitrogens is 1. The van der Waals surface area contributed by atoms with Crippen LogP contribution in [0.4, 0.5) is 15.9 Å². The number of para-hydroxylation sites is 1. The minimum absolute atomic E-state index is 0.0985. The number of carbonyl (C=O) groups excluding carboxylic acids is 1. The maximum atomic E-state index is 13.0. The van der Waals surface area contributed by atoms with Gasteiger partial charge in [-0.05, 0) is 48.9 Å². The number of hydrogen-bond donors (Lipinski definition) is 2. The molecule has 0 saturated carbocycles. The van der Waals surface area contributed by atoms with Gasteiger partial charge in [0, 0.05) is 25.8 Å². The third-order valence-corrected chi connectivity index (χ3v) is 6.57. The summed E-state index contributed by atoms with van der Waals surface area (Å²) in [5.74, 6) is -0.0139. The monoisotopic (exact) mass is 456 g/mol. The normalized spacial score (nSPS) is 11.1. The van der Waals surface area contributed by atoms with Crippen molar-refractivity contribution in [1.29, 1.82) is 0 Å². The third-order valence-electron chi connectivity index (χ3n) is 4.69. The molecule has 0 unspecified atom stereocenters. The van der Waals surface area contributed by atoms with Crippen LogP contribution in [0.15, 0.2) is 77.8 Å². The fourth-order valence-corrected chi connectivity index (χ4v) is 4.51. The number of halogens is 1. The van der Waals surface area contributed by atoms with Gasteiger partial charge in [-0.25, -0.2) is 17.8 Å². The second-order valence-corrected chi connectivity index (χ2v) is 8.83. The molecule has 0 radical (unpaired) electrons. The minimum Gasteiger partial charge on any atom is -0.368 e. The number of nitrogens with zero attached hydrogens (tertiary/aromatic N) is 2. The van der Waals surface area contributed by atoms with Crippen LogP contribution in [0.2, 0.25) is 0 Å². The molecule has 0 aliphatic heterocycles. The number of amides is 1. The van der Waals surface area contributed by atoms with Crippen LogP contribution in [0.25, 0.3) is 0 Å². The van der Waals surface area contributed by atoms with E-state index in [2.05, 4.69) is 15.6 Å². The van der Waals surface area contributed by atoms with Gasteiger partial charge in [-0.15, -0.1) is 0 Å². The molecule has 9 heteroatoms. The highest BCUT2D eigenvalue weighted by atomic mass is 32.2. The fraction of sp³-hybridized carbons (Fsp3) is 0.217. The smallest absolute Gasteiger partial charge is 0.265 e. The van der Waals surface area contributed by atoms with E-state index < -0.39 is 10.0 Å². The Balaban J connectivity index is 1.51. The molecule has 0 aliphatic carbocycles. The predicted octanol–water partition coefficient (Wildman–Crippen LogP) is 3.21. The van der Waals surface area contributed by atoms with Gasteiger partial charge in [-0.3, -0.25) is 9.10 Å².